The van der Waals surface area contributed by atoms with E-state index in [0.29, 0.717) is 5.92 Å². The summed E-state index contributed by atoms with van der Waals surface area (Å²) in [6, 6.07) is 8.28. The summed E-state index contributed by atoms with van der Waals surface area (Å²) in [5.74, 6) is 2.38. The maximum Gasteiger partial charge on any atom is 0.191 e. The van der Waals surface area contributed by atoms with Crippen LogP contribution in [0.5, 0.6) is 0 Å². The number of nitrogens with one attached hydrogen (secondary N) is 2. The van der Waals surface area contributed by atoms with Gasteiger partial charge in [0.2, 0.25) is 0 Å². The zero-order chi connectivity index (χ0) is 19.5. The van der Waals surface area contributed by atoms with Crippen molar-refractivity contribution >= 4 is 41.0 Å². The maximum absolute atomic E-state index is 9.21. The number of hydrogen-bond donors (Lipinski definition) is 3. The Morgan fingerprint density at radius 3 is 2.71 bits per heavy atom. The van der Waals surface area contributed by atoms with Crippen molar-refractivity contribution in [2.75, 3.05) is 26.2 Å². The van der Waals surface area contributed by atoms with E-state index in [9.17, 15) is 5.11 Å². The van der Waals surface area contributed by atoms with Crippen LogP contribution < -0.4 is 10.6 Å². The molecule has 1 heterocycles. The Morgan fingerprint density at radius 2 is 2.00 bits per heavy atom. The van der Waals surface area contributed by atoms with E-state index in [4.69, 9.17) is 4.99 Å². The van der Waals surface area contributed by atoms with Gasteiger partial charge in [-0.25, -0.2) is 4.98 Å². The van der Waals surface area contributed by atoms with Gasteiger partial charge in [-0.1, -0.05) is 25.5 Å². The van der Waals surface area contributed by atoms with Crippen molar-refractivity contribution in [1.29, 1.82) is 0 Å². The van der Waals surface area contributed by atoms with Gasteiger partial charge in [-0.2, -0.15) is 0 Å². The molecular weight excluding hydrogens is 465 g/mol. The van der Waals surface area contributed by atoms with E-state index in [1.54, 1.807) is 0 Å². The van der Waals surface area contributed by atoms with Gasteiger partial charge in [0, 0.05) is 32.8 Å². The number of aliphatic hydroxyl groups excluding tert-OH is 1. The SMILES string of the molecule is CCCC(CCO)CN=C(NCC)NCCCn1c(C)nc2ccccc21.I. The summed E-state index contributed by atoms with van der Waals surface area (Å²) >= 11 is 0. The number of rotatable bonds is 11. The average Bonchev–Trinajstić information content (AvgIpc) is 2.98. The van der Waals surface area contributed by atoms with Gasteiger partial charge in [-0.05, 0) is 51.2 Å². The van der Waals surface area contributed by atoms with Crippen molar-refractivity contribution in [3.63, 3.8) is 0 Å². The molecule has 0 amide bonds. The summed E-state index contributed by atoms with van der Waals surface area (Å²) in [6.07, 6.45) is 4.06. The topological polar surface area (TPSA) is 74.5 Å². The summed E-state index contributed by atoms with van der Waals surface area (Å²) in [4.78, 5) is 9.34. The van der Waals surface area contributed by atoms with Gasteiger partial charge in [-0.3, -0.25) is 4.99 Å². The van der Waals surface area contributed by atoms with Gasteiger partial charge in [0.15, 0.2) is 5.96 Å². The fraction of sp³-hybridized carbons (Fsp3) is 0.619. The molecule has 0 fully saturated rings. The number of hydrogen-bond acceptors (Lipinski definition) is 3. The van der Waals surface area contributed by atoms with E-state index in [1.165, 1.54) is 5.52 Å². The molecule has 0 saturated heterocycles. The number of benzene rings is 1. The van der Waals surface area contributed by atoms with Crippen molar-refractivity contribution in [3.8, 4) is 0 Å². The molecule has 1 atom stereocenters. The molecule has 0 aliphatic heterocycles. The van der Waals surface area contributed by atoms with Crippen LogP contribution in [0.15, 0.2) is 29.3 Å². The van der Waals surface area contributed by atoms with E-state index < -0.39 is 0 Å². The fourth-order valence-electron chi connectivity index (χ4n) is 3.40. The van der Waals surface area contributed by atoms with Crippen LogP contribution in [0.25, 0.3) is 11.0 Å². The Bertz CT molecular complexity index is 710. The molecule has 0 aliphatic carbocycles. The molecule has 0 bridgehead atoms. The Balaban J connectivity index is 0.00000392. The second kappa shape index (κ2) is 13.8. The van der Waals surface area contributed by atoms with Crippen molar-refractivity contribution in [2.45, 2.75) is 53.0 Å². The van der Waals surface area contributed by atoms with E-state index in [2.05, 4.69) is 59.2 Å². The van der Waals surface area contributed by atoms with Crippen LogP contribution in [0.3, 0.4) is 0 Å². The third-order valence-corrected chi connectivity index (χ3v) is 4.78. The van der Waals surface area contributed by atoms with Gasteiger partial charge in [0.25, 0.3) is 0 Å². The minimum Gasteiger partial charge on any atom is -0.396 e. The predicted octanol–water partition coefficient (Wildman–Crippen LogP) is 3.71. The number of aryl methyl sites for hydroxylation is 2. The number of halogens is 1. The second-order valence-corrected chi connectivity index (χ2v) is 6.97. The summed E-state index contributed by atoms with van der Waals surface area (Å²) in [5, 5.41) is 16.0. The first kappa shape index (κ1) is 24.7. The lowest BCUT2D eigenvalue weighted by molar-refractivity contribution is 0.253. The minimum atomic E-state index is 0. The molecule has 0 aliphatic rings. The molecule has 158 valence electrons. The average molecular weight is 501 g/mol. The lowest BCUT2D eigenvalue weighted by Crippen LogP contribution is -2.38. The van der Waals surface area contributed by atoms with Crippen molar-refractivity contribution < 1.29 is 5.11 Å². The summed E-state index contributed by atoms with van der Waals surface area (Å²) < 4.78 is 2.28. The number of para-hydroxylation sites is 2. The lowest BCUT2D eigenvalue weighted by Gasteiger charge is -2.15. The van der Waals surface area contributed by atoms with Crippen LogP contribution in [0.4, 0.5) is 0 Å². The lowest BCUT2D eigenvalue weighted by atomic mass is 10.0. The molecule has 2 rings (SSSR count). The third-order valence-electron chi connectivity index (χ3n) is 4.78. The van der Waals surface area contributed by atoms with Crippen LogP contribution >= 0.6 is 24.0 Å². The normalized spacial score (nSPS) is 12.6. The largest absolute Gasteiger partial charge is 0.396 e. The molecule has 7 heteroatoms. The maximum atomic E-state index is 9.21. The molecule has 6 nitrogen and oxygen atoms in total. The molecule has 0 radical (unpaired) electrons. The van der Waals surface area contributed by atoms with E-state index >= 15 is 0 Å². The fourth-order valence-corrected chi connectivity index (χ4v) is 3.40. The number of guanidine groups is 1. The number of aromatic nitrogens is 2. The number of aliphatic imine (C=N–C) groups is 1. The quantitative estimate of drug-likeness (QED) is 0.190. The van der Waals surface area contributed by atoms with Gasteiger partial charge in [0.1, 0.15) is 5.82 Å². The molecule has 0 saturated carbocycles. The van der Waals surface area contributed by atoms with Gasteiger partial charge < -0.3 is 20.3 Å². The predicted molar refractivity (Wildman–Crippen MR) is 129 cm³/mol. The number of imidazole rings is 1. The van der Waals surface area contributed by atoms with Crippen LogP contribution in [0.2, 0.25) is 0 Å². The first-order chi connectivity index (χ1) is 13.2. The third kappa shape index (κ3) is 7.58. The van der Waals surface area contributed by atoms with Crippen LogP contribution in [-0.2, 0) is 6.54 Å². The second-order valence-electron chi connectivity index (χ2n) is 6.97. The molecule has 1 aromatic heterocycles. The van der Waals surface area contributed by atoms with Gasteiger partial charge >= 0.3 is 0 Å². The molecule has 1 unspecified atom stereocenters. The van der Waals surface area contributed by atoms with Crippen LogP contribution in [-0.4, -0.2) is 46.9 Å². The summed E-state index contributed by atoms with van der Waals surface area (Å²) in [6.45, 7) is 9.95. The number of nitrogens with zero attached hydrogens (tertiary/aromatic N) is 3. The standard InChI is InChI=1S/C21H35N5O.HI/c1-4-9-18(12-15-27)16-24-21(22-5-2)23-13-8-14-26-17(3)25-19-10-6-7-11-20(19)26;/h6-7,10-11,18,27H,4-5,8-9,12-16H2,1-3H3,(H2,22,23,24);1H. The Labute approximate surface area is 186 Å². The van der Waals surface area contributed by atoms with E-state index in [-0.39, 0.29) is 30.6 Å². The van der Waals surface area contributed by atoms with E-state index in [1.807, 2.05) is 6.07 Å². The Kier molecular flexibility index (Phi) is 12.1. The molecule has 1 aromatic carbocycles. The molecular formula is C21H36IN5O. The first-order valence-corrected chi connectivity index (χ1v) is 10.2. The zero-order valence-electron chi connectivity index (χ0n) is 17.4. The van der Waals surface area contributed by atoms with E-state index in [0.717, 1.165) is 69.2 Å². The minimum absolute atomic E-state index is 0. The molecule has 0 spiro atoms. The summed E-state index contributed by atoms with van der Waals surface area (Å²) in [7, 11) is 0. The monoisotopic (exact) mass is 501 g/mol. The highest BCUT2D eigenvalue weighted by molar-refractivity contribution is 14.0. The molecule has 3 N–H and O–H groups in total. The Morgan fingerprint density at radius 1 is 1.21 bits per heavy atom. The van der Waals surface area contributed by atoms with Gasteiger partial charge in [0.05, 0.1) is 11.0 Å². The summed E-state index contributed by atoms with van der Waals surface area (Å²) in [5.41, 5.74) is 2.26. The van der Waals surface area contributed by atoms with Crippen molar-refractivity contribution in [1.82, 2.24) is 20.2 Å². The van der Waals surface area contributed by atoms with Crippen molar-refractivity contribution in [3.05, 3.63) is 30.1 Å². The van der Waals surface area contributed by atoms with Gasteiger partial charge in [-0.15, -0.1) is 24.0 Å². The smallest absolute Gasteiger partial charge is 0.191 e. The number of fused-ring (bicyclic) bond motifs is 1. The Hall–Kier alpha value is -1.35. The molecule has 2 aromatic rings. The number of aliphatic hydroxyl groups is 1. The molecule has 28 heavy (non-hydrogen) atoms. The first-order valence-electron chi connectivity index (χ1n) is 10.2. The van der Waals surface area contributed by atoms with Crippen molar-refractivity contribution in [2.24, 2.45) is 10.9 Å². The zero-order valence-corrected chi connectivity index (χ0v) is 19.8. The van der Waals surface area contributed by atoms with Crippen LogP contribution in [0, 0.1) is 12.8 Å². The highest BCUT2D eigenvalue weighted by Gasteiger charge is 2.08. The highest BCUT2D eigenvalue weighted by Crippen LogP contribution is 2.15. The highest BCUT2D eigenvalue weighted by atomic mass is 127. The van der Waals surface area contributed by atoms with Crippen LogP contribution in [0.1, 0.15) is 45.4 Å².